The number of aryl methyl sites for hydroxylation is 2. The summed E-state index contributed by atoms with van der Waals surface area (Å²) in [5, 5.41) is 6.90. The summed E-state index contributed by atoms with van der Waals surface area (Å²) in [7, 11) is 0. The molecule has 0 fully saturated rings. The van der Waals surface area contributed by atoms with Crippen LogP contribution >= 0.6 is 38.6 Å². The lowest BCUT2D eigenvalue weighted by molar-refractivity contribution is 0.502. The lowest BCUT2D eigenvalue weighted by Gasteiger charge is -2.19. The zero-order valence-corrected chi connectivity index (χ0v) is 14.2. The van der Waals surface area contributed by atoms with Gasteiger partial charge in [0.25, 0.3) is 0 Å². The van der Waals surface area contributed by atoms with E-state index in [1.165, 1.54) is 14.2 Å². The summed E-state index contributed by atoms with van der Waals surface area (Å²) >= 11 is 7.16. The molecule has 0 aliphatic rings. The second-order valence-corrected chi connectivity index (χ2v) is 7.46. The summed E-state index contributed by atoms with van der Waals surface area (Å²) in [5.74, 6) is 0. The molecule has 1 N–H and O–H groups in total. The topological polar surface area (TPSA) is 24.9 Å². The molecule has 2 heterocycles. The van der Waals surface area contributed by atoms with E-state index in [1.807, 2.05) is 0 Å². The van der Waals surface area contributed by atoms with Crippen molar-refractivity contribution in [3.8, 4) is 0 Å². The normalized spacial score (nSPS) is 14.7. The first kappa shape index (κ1) is 14.2. The quantitative estimate of drug-likeness (QED) is 0.844. The molecule has 2 nitrogen and oxygen atoms in total. The lowest BCUT2D eigenvalue weighted by atomic mass is 10.2. The highest BCUT2D eigenvalue weighted by molar-refractivity contribution is 9.10. The van der Waals surface area contributed by atoms with Crippen LogP contribution in [0.5, 0.6) is 0 Å². The van der Waals surface area contributed by atoms with Gasteiger partial charge >= 0.3 is 0 Å². The molecular weight excluding hydrogens is 328 g/mol. The molecule has 0 saturated heterocycles. The number of hydrogen-bond donors (Lipinski definition) is 1. The SMILES string of the molecule is Cc1nc(C)c(C(C)NC(C)c2sccc2Br)s1. The number of halogens is 1. The molecule has 2 unspecified atom stereocenters. The van der Waals surface area contributed by atoms with Gasteiger partial charge in [0.2, 0.25) is 0 Å². The van der Waals surface area contributed by atoms with Crippen LogP contribution in [-0.4, -0.2) is 4.98 Å². The Morgan fingerprint density at radius 1 is 1.22 bits per heavy atom. The molecule has 0 bridgehead atoms. The van der Waals surface area contributed by atoms with Crippen molar-refractivity contribution < 1.29 is 0 Å². The number of aromatic nitrogens is 1. The minimum Gasteiger partial charge on any atom is -0.302 e. The molecule has 2 rings (SSSR count). The Labute approximate surface area is 125 Å². The Kier molecular flexibility index (Phi) is 4.59. The Hall–Kier alpha value is -0.230. The molecular formula is C13H17BrN2S2. The molecule has 0 aliphatic heterocycles. The van der Waals surface area contributed by atoms with Crippen LogP contribution in [0.1, 0.15) is 46.4 Å². The van der Waals surface area contributed by atoms with Crippen LogP contribution in [-0.2, 0) is 0 Å². The molecule has 0 saturated carbocycles. The minimum absolute atomic E-state index is 0.334. The monoisotopic (exact) mass is 344 g/mol. The molecule has 0 amide bonds. The molecule has 5 heteroatoms. The molecule has 18 heavy (non-hydrogen) atoms. The van der Waals surface area contributed by atoms with Crippen molar-refractivity contribution in [1.29, 1.82) is 0 Å². The number of thiazole rings is 1. The third-order valence-electron chi connectivity index (χ3n) is 2.87. The van der Waals surface area contributed by atoms with E-state index in [4.69, 9.17) is 0 Å². The molecule has 2 aromatic heterocycles. The first-order chi connectivity index (χ1) is 8.49. The number of thiophene rings is 1. The number of hydrogen-bond acceptors (Lipinski definition) is 4. The van der Waals surface area contributed by atoms with Gasteiger partial charge in [-0.3, -0.25) is 0 Å². The van der Waals surface area contributed by atoms with E-state index in [0.717, 1.165) is 10.7 Å². The van der Waals surface area contributed by atoms with E-state index in [1.54, 1.807) is 22.7 Å². The highest BCUT2D eigenvalue weighted by Crippen LogP contribution is 2.32. The Morgan fingerprint density at radius 3 is 2.39 bits per heavy atom. The standard InChI is InChI=1S/C13H17BrN2S2/c1-7(12-8(2)16-10(4)18-12)15-9(3)13-11(14)5-6-17-13/h5-7,9,15H,1-4H3. The first-order valence-corrected chi connectivity index (χ1v) is 8.40. The van der Waals surface area contributed by atoms with Crippen molar-refractivity contribution in [1.82, 2.24) is 10.3 Å². The summed E-state index contributed by atoms with van der Waals surface area (Å²) in [6, 6.07) is 2.78. The molecule has 2 aromatic rings. The van der Waals surface area contributed by atoms with Gasteiger partial charge in [0.15, 0.2) is 0 Å². The first-order valence-electron chi connectivity index (χ1n) is 5.92. The number of rotatable bonds is 4. The molecule has 98 valence electrons. The van der Waals surface area contributed by atoms with Gasteiger partial charge in [-0.15, -0.1) is 22.7 Å². The van der Waals surface area contributed by atoms with Crippen LogP contribution in [0.3, 0.4) is 0 Å². The van der Waals surface area contributed by atoms with Crippen LogP contribution in [0.25, 0.3) is 0 Å². The van der Waals surface area contributed by atoms with Crippen molar-refractivity contribution in [2.24, 2.45) is 0 Å². The smallest absolute Gasteiger partial charge is 0.0900 e. The average molecular weight is 345 g/mol. The summed E-state index contributed by atoms with van der Waals surface area (Å²) in [5.41, 5.74) is 1.15. The van der Waals surface area contributed by atoms with E-state index in [9.17, 15) is 0 Å². The van der Waals surface area contributed by atoms with Gasteiger partial charge in [-0.2, -0.15) is 0 Å². The molecule has 2 atom stereocenters. The van der Waals surface area contributed by atoms with E-state index in [2.05, 4.69) is 65.4 Å². The second kappa shape index (κ2) is 5.82. The van der Waals surface area contributed by atoms with Crippen LogP contribution < -0.4 is 5.32 Å². The van der Waals surface area contributed by atoms with Gasteiger partial charge in [-0.25, -0.2) is 4.98 Å². The highest BCUT2D eigenvalue weighted by atomic mass is 79.9. The second-order valence-electron chi connectivity index (χ2n) is 4.43. The Balaban J connectivity index is 2.10. The predicted octanol–water partition coefficient (Wildman–Crippen LogP) is 5.00. The van der Waals surface area contributed by atoms with E-state index in [-0.39, 0.29) is 0 Å². The maximum absolute atomic E-state index is 4.49. The van der Waals surface area contributed by atoms with Crippen molar-refractivity contribution in [2.75, 3.05) is 0 Å². The largest absolute Gasteiger partial charge is 0.302 e. The maximum atomic E-state index is 4.49. The van der Waals surface area contributed by atoms with Crippen molar-refractivity contribution in [3.63, 3.8) is 0 Å². The fraction of sp³-hybridized carbons (Fsp3) is 0.462. The van der Waals surface area contributed by atoms with E-state index in [0.29, 0.717) is 12.1 Å². The number of nitrogens with zero attached hydrogens (tertiary/aromatic N) is 1. The fourth-order valence-electron chi connectivity index (χ4n) is 2.09. The van der Waals surface area contributed by atoms with Crippen LogP contribution in [0, 0.1) is 13.8 Å². The Morgan fingerprint density at radius 2 is 1.89 bits per heavy atom. The third-order valence-corrected chi connectivity index (χ3v) is 6.18. The van der Waals surface area contributed by atoms with Gasteiger partial charge in [0.1, 0.15) is 0 Å². The number of nitrogens with one attached hydrogen (secondary N) is 1. The Bertz CT molecular complexity index is 533. The highest BCUT2D eigenvalue weighted by Gasteiger charge is 2.17. The van der Waals surface area contributed by atoms with E-state index >= 15 is 0 Å². The summed E-state index contributed by atoms with van der Waals surface area (Å²) in [4.78, 5) is 7.18. The summed E-state index contributed by atoms with van der Waals surface area (Å²) in [6.07, 6.45) is 0. The molecule has 0 aliphatic carbocycles. The zero-order chi connectivity index (χ0) is 13.3. The summed E-state index contributed by atoms with van der Waals surface area (Å²) < 4.78 is 1.19. The maximum Gasteiger partial charge on any atom is 0.0900 e. The van der Waals surface area contributed by atoms with Gasteiger partial charge in [0, 0.05) is 26.3 Å². The van der Waals surface area contributed by atoms with Crippen LogP contribution in [0.4, 0.5) is 0 Å². The molecule has 0 aromatic carbocycles. The zero-order valence-electron chi connectivity index (χ0n) is 11.0. The average Bonchev–Trinajstić information content (AvgIpc) is 2.84. The molecule has 0 radical (unpaired) electrons. The van der Waals surface area contributed by atoms with Gasteiger partial charge < -0.3 is 5.32 Å². The molecule has 0 spiro atoms. The minimum atomic E-state index is 0.334. The van der Waals surface area contributed by atoms with Crippen molar-refractivity contribution >= 4 is 38.6 Å². The van der Waals surface area contributed by atoms with Crippen molar-refractivity contribution in [3.05, 3.63) is 36.4 Å². The van der Waals surface area contributed by atoms with Crippen LogP contribution in [0.2, 0.25) is 0 Å². The van der Waals surface area contributed by atoms with Gasteiger partial charge in [-0.05, 0) is 55.1 Å². The van der Waals surface area contributed by atoms with Crippen molar-refractivity contribution in [2.45, 2.75) is 39.8 Å². The fourth-order valence-corrected chi connectivity index (χ4v) is 4.76. The third kappa shape index (κ3) is 3.02. The van der Waals surface area contributed by atoms with Gasteiger partial charge in [0.05, 0.1) is 10.7 Å². The predicted molar refractivity (Wildman–Crippen MR) is 83.6 cm³/mol. The van der Waals surface area contributed by atoms with Gasteiger partial charge in [-0.1, -0.05) is 0 Å². The van der Waals surface area contributed by atoms with Crippen LogP contribution in [0.15, 0.2) is 15.9 Å². The summed E-state index contributed by atoms with van der Waals surface area (Å²) in [6.45, 7) is 8.56. The lowest BCUT2D eigenvalue weighted by Crippen LogP contribution is -2.21. The van der Waals surface area contributed by atoms with E-state index < -0.39 is 0 Å².